The Bertz CT molecular complexity index is 638. The summed E-state index contributed by atoms with van der Waals surface area (Å²) in [7, 11) is 0. The molecule has 3 rings (SSSR count). The van der Waals surface area contributed by atoms with Gasteiger partial charge in [-0.15, -0.1) is 0 Å². The Morgan fingerprint density at radius 2 is 2.15 bits per heavy atom. The molecule has 100 valence electrons. The average Bonchev–Trinajstić information content (AvgIpc) is 3.26. The van der Waals surface area contributed by atoms with Crippen LogP contribution in [0.15, 0.2) is 73.4 Å². The van der Waals surface area contributed by atoms with Crippen molar-refractivity contribution in [3.8, 4) is 0 Å². The van der Waals surface area contributed by atoms with Gasteiger partial charge in [0.2, 0.25) is 0 Å². The van der Waals surface area contributed by atoms with Gasteiger partial charge in [0.1, 0.15) is 0 Å². The maximum Gasteiger partial charge on any atom is -0.0155 e. The van der Waals surface area contributed by atoms with Gasteiger partial charge in [0.15, 0.2) is 0 Å². The summed E-state index contributed by atoms with van der Waals surface area (Å²) >= 11 is 0. The second-order valence-corrected chi connectivity index (χ2v) is 5.60. The predicted octanol–water partition coefficient (Wildman–Crippen LogP) is 5.42. The molecular formula is C20H20. The number of allylic oxidation sites excluding steroid dienone is 9. The zero-order valence-electron chi connectivity index (χ0n) is 11.9. The van der Waals surface area contributed by atoms with E-state index in [9.17, 15) is 0 Å². The fourth-order valence-electron chi connectivity index (χ4n) is 2.67. The standard InChI is InChI=1S/C20H20/c1-3-4-5-7-15(2)16-8-6-9-17(12-16)18-10-11-19-14-20(19)13-18/h3-13,19-20H,1,14H2,2H3/b5-4-,15-7+. The zero-order valence-corrected chi connectivity index (χ0v) is 11.9. The third-order valence-corrected chi connectivity index (χ3v) is 4.05. The molecule has 0 heteroatoms. The van der Waals surface area contributed by atoms with Crippen LogP contribution in [-0.2, 0) is 0 Å². The molecule has 1 saturated carbocycles. The quantitative estimate of drug-likeness (QED) is 0.634. The summed E-state index contributed by atoms with van der Waals surface area (Å²) < 4.78 is 0. The van der Waals surface area contributed by atoms with E-state index in [1.165, 1.54) is 28.7 Å². The lowest BCUT2D eigenvalue weighted by molar-refractivity contribution is 0.985. The summed E-state index contributed by atoms with van der Waals surface area (Å²) in [6, 6.07) is 8.80. The molecule has 0 nitrogen and oxygen atoms in total. The van der Waals surface area contributed by atoms with Crippen LogP contribution in [0.4, 0.5) is 0 Å². The Morgan fingerprint density at radius 1 is 1.25 bits per heavy atom. The molecular weight excluding hydrogens is 240 g/mol. The van der Waals surface area contributed by atoms with Crippen LogP contribution in [0.2, 0.25) is 0 Å². The normalized spacial score (nSPS) is 24.4. The minimum atomic E-state index is 0.797. The molecule has 1 aromatic rings. The highest BCUT2D eigenvalue weighted by Gasteiger charge is 2.34. The van der Waals surface area contributed by atoms with Crippen LogP contribution in [0.25, 0.3) is 11.1 Å². The fourth-order valence-corrected chi connectivity index (χ4v) is 2.67. The molecule has 0 spiro atoms. The van der Waals surface area contributed by atoms with Crippen molar-refractivity contribution >= 4 is 11.1 Å². The number of benzene rings is 1. The number of hydrogen-bond acceptors (Lipinski definition) is 0. The van der Waals surface area contributed by atoms with Gasteiger partial charge >= 0.3 is 0 Å². The highest BCUT2D eigenvalue weighted by molar-refractivity contribution is 5.78. The zero-order chi connectivity index (χ0) is 13.9. The van der Waals surface area contributed by atoms with Crippen molar-refractivity contribution in [3.05, 3.63) is 84.5 Å². The number of rotatable bonds is 4. The highest BCUT2D eigenvalue weighted by atomic mass is 14.4. The van der Waals surface area contributed by atoms with Crippen molar-refractivity contribution in [2.45, 2.75) is 13.3 Å². The third-order valence-electron chi connectivity index (χ3n) is 4.05. The van der Waals surface area contributed by atoms with Crippen LogP contribution in [-0.4, -0.2) is 0 Å². The Kier molecular flexibility index (Phi) is 3.56. The Morgan fingerprint density at radius 3 is 2.95 bits per heavy atom. The monoisotopic (exact) mass is 260 g/mol. The average molecular weight is 260 g/mol. The van der Waals surface area contributed by atoms with E-state index in [0.717, 1.165) is 11.8 Å². The highest BCUT2D eigenvalue weighted by Crippen LogP contribution is 2.46. The first-order valence-electron chi connectivity index (χ1n) is 7.25. The molecule has 0 heterocycles. The largest absolute Gasteiger partial charge is 0.0991 e. The van der Waals surface area contributed by atoms with Gasteiger partial charge in [0, 0.05) is 0 Å². The first kappa shape index (κ1) is 12.9. The van der Waals surface area contributed by atoms with Gasteiger partial charge in [-0.1, -0.05) is 67.3 Å². The number of fused-ring (bicyclic) bond motifs is 1. The van der Waals surface area contributed by atoms with Crippen LogP contribution < -0.4 is 0 Å². The lowest BCUT2D eigenvalue weighted by Gasteiger charge is -2.09. The Hall–Kier alpha value is -2.08. The van der Waals surface area contributed by atoms with Crippen molar-refractivity contribution in [2.24, 2.45) is 11.8 Å². The molecule has 20 heavy (non-hydrogen) atoms. The molecule has 1 aromatic carbocycles. The van der Waals surface area contributed by atoms with E-state index >= 15 is 0 Å². The topological polar surface area (TPSA) is 0 Å². The Balaban J connectivity index is 1.86. The van der Waals surface area contributed by atoms with E-state index in [1.54, 1.807) is 6.08 Å². The van der Waals surface area contributed by atoms with Crippen molar-refractivity contribution in [1.29, 1.82) is 0 Å². The minimum Gasteiger partial charge on any atom is -0.0991 e. The van der Waals surface area contributed by atoms with Gasteiger partial charge in [0.05, 0.1) is 0 Å². The Labute approximate surface area is 121 Å². The van der Waals surface area contributed by atoms with Gasteiger partial charge < -0.3 is 0 Å². The van der Waals surface area contributed by atoms with Gasteiger partial charge in [-0.2, -0.15) is 0 Å². The van der Waals surface area contributed by atoms with E-state index in [0.29, 0.717) is 0 Å². The van der Waals surface area contributed by atoms with Crippen LogP contribution in [0.5, 0.6) is 0 Å². The van der Waals surface area contributed by atoms with E-state index in [-0.39, 0.29) is 0 Å². The molecule has 2 unspecified atom stereocenters. The first-order valence-corrected chi connectivity index (χ1v) is 7.25. The fraction of sp³-hybridized carbons (Fsp3) is 0.200. The molecule has 0 aliphatic heterocycles. The second-order valence-electron chi connectivity index (χ2n) is 5.60. The van der Waals surface area contributed by atoms with Gasteiger partial charge in [-0.3, -0.25) is 0 Å². The molecule has 2 atom stereocenters. The smallest absolute Gasteiger partial charge is 0.0155 e. The van der Waals surface area contributed by atoms with Gasteiger partial charge in [-0.25, -0.2) is 0 Å². The molecule has 0 radical (unpaired) electrons. The molecule has 0 amide bonds. The van der Waals surface area contributed by atoms with Crippen LogP contribution >= 0.6 is 0 Å². The van der Waals surface area contributed by atoms with Crippen molar-refractivity contribution in [1.82, 2.24) is 0 Å². The summed E-state index contributed by atoms with van der Waals surface area (Å²) in [6.07, 6.45) is 16.3. The van der Waals surface area contributed by atoms with Gasteiger partial charge in [-0.05, 0) is 53.5 Å². The van der Waals surface area contributed by atoms with Gasteiger partial charge in [0.25, 0.3) is 0 Å². The van der Waals surface area contributed by atoms with E-state index in [2.05, 4.69) is 62.1 Å². The second kappa shape index (κ2) is 5.50. The molecule has 0 N–H and O–H groups in total. The predicted molar refractivity (Wildman–Crippen MR) is 88.1 cm³/mol. The van der Waals surface area contributed by atoms with Crippen molar-refractivity contribution in [2.75, 3.05) is 0 Å². The summed E-state index contributed by atoms with van der Waals surface area (Å²) in [4.78, 5) is 0. The third kappa shape index (κ3) is 2.75. The van der Waals surface area contributed by atoms with Crippen molar-refractivity contribution in [3.63, 3.8) is 0 Å². The van der Waals surface area contributed by atoms with E-state index in [1.807, 2.05) is 12.2 Å². The lowest BCUT2D eigenvalue weighted by Crippen LogP contribution is -1.90. The van der Waals surface area contributed by atoms with E-state index < -0.39 is 0 Å². The molecule has 0 bridgehead atoms. The molecule has 2 aliphatic rings. The first-order chi connectivity index (χ1) is 9.78. The molecule has 2 aliphatic carbocycles. The number of hydrogen-bond donors (Lipinski definition) is 0. The SMILES string of the molecule is C=C/C=C\C=C(/C)c1cccc(C2=CC3CC3C=C2)c1. The van der Waals surface area contributed by atoms with Crippen LogP contribution in [0, 0.1) is 11.8 Å². The molecule has 1 fully saturated rings. The summed E-state index contributed by atoms with van der Waals surface area (Å²) in [5.41, 5.74) is 5.25. The molecule has 0 saturated heterocycles. The molecule has 0 aromatic heterocycles. The van der Waals surface area contributed by atoms with Crippen molar-refractivity contribution < 1.29 is 0 Å². The van der Waals surface area contributed by atoms with Crippen LogP contribution in [0.1, 0.15) is 24.5 Å². The summed E-state index contributed by atoms with van der Waals surface area (Å²) in [5.74, 6) is 1.62. The maximum absolute atomic E-state index is 3.69. The maximum atomic E-state index is 3.69. The minimum absolute atomic E-state index is 0.797. The summed E-state index contributed by atoms with van der Waals surface area (Å²) in [5, 5.41) is 0. The van der Waals surface area contributed by atoms with E-state index in [4.69, 9.17) is 0 Å². The van der Waals surface area contributed by atoms with Crippen LogP contribution in [0.3, 0.4) is 0 Å². The summed E-state index contributed by atoms with van der Waals surface area (Å²) in [6.45, 7) is 5.83. The lowest BCUT2D eigenvalue weighted by atomic mass is 9.96.